The largest absolute Gasteiger partial charge is 0.385 e. The molecule has 6 heteroatoms. The van der Waals surface area contributed by atoms with E-state index in [1.54, 1.807) is 6.20 Å². The highest BCUT2D eigenvalue weighted by atomic mass is 35.5. The monoisotopic (exact) mass is 367 g/mol. The average Bonchev–Trinajstić information content (AvgIpc) is 3.01. The van der Waals surface area contributed by atoms with Gasteiger partial charge in [0.1, 0.15) is 0 Å². The van der Waals surface area contributed by atoms with Gasteiger partial charge in [-0.05, 0) is 54.5 Å². The topological polar surface area (TPSA) is 78.0 Å². The molecule has 3 aromatic rings. The SMILES string of the molecule is O=C(N[C@H]1[C@@H]2C[C@@](O)(c3cc(Cl)cc4[nH]ncc34)C[C@@H]21)c1ccccc1. The van der Waals surface area contributed by atoms with Crippen LogP contribution in [-0.2, 0) is 5.60 Å². The van der Waals surface area contributed by atoms with E-state index in [0.29, 0.717) is 35.3 Å². The Morgan fingerprint density at radius 1 is 1.23 bits per heavy atom. The van der Waals surface area contributed by atoms with Gasteiger partial charge in [-0.1, -0.05) is 29.8 Å². The Morgan fingerprint density at radius 2 is 1.96 bits per heavy atom. The number of halogens is 1. The third kappa shape index (κ3) is 2.42. The van der Waals surface area contributed by atoms with E-state index in [1.165, 1.54) is 0 Å². The molecule has 0 spiro atoms. The van der Waals surface area contributed by atoms with Crippen LogP contribution in [0.3, 0.4) is 0 Å². The summed E-state index contributed by atoms with van der Waals surface area (Å²) in [5.41, 5.74) is 1.41. The lowest BCUT2D eigenvalue weighted by Crippen LogP contribution is -2.33. The molecular weight excluding hydrogens is 350 g/mol. The van der Waals surface area contributed by atoms with Crippen LogP contribution in [0.4, 0.5) is 0 Å². The minimum atomic E-state index is -0.920. The van der Waals surface area contributed by atoms with Gasteiger partial charge < -0.3 is 10.4 Å². The van der Waals surface area contributed by atoms with Gasteiger partial charge >= 0.3 is 0 Å². The average molecular weight is 368 g/mol. The van der Waals surface area contributed by atoms with Gasteiger partial charge in [-0.15, -0.1) is 0 Å². The van der Waals surface area contributed by atoms with Crippen molar-refractivity contribution in [3.63, 3.8) is 0 Å². The molecule has 1 aromatic heterocycles. The number of hydrogen-bond donors (Lipinski definition) is 3. The number of nitrogens with one attached hydrogen (secondary N) is 2. The van der Waals surface area contributed by atoms with E-state index in [0.717, 1.165) is 16.5 Å². The molecule has 5 rings (SSSR count). The molecule has 26 heavy (non-hydrogen) atoms. The van der Waals surface area contributed by atoms with E-state index in [-0.39, 0.29) is 11.9 Å². The Balaban J connectivity index is 1.34. The first kappa shape index (κ1) is 15.9. The van der Waals surface area contributed by atoms with Gasteiger partial charge in [0.15, 0.2) is 0 Å². The summed E-state index contributed by atoms with van der Waals surface area (Å²) in [6, 6.07) is 13.0. The number of rotatable bonds is 3. The van der Waals surface area contributed by atoms with Crippen molar-refractivity contribution < 1.29 is 9.90 Å². The zero-order valence-electron chi connectivity index (χ0n) is 13.9. The van der Waals surface area contributed by atoms with Gasteiger partial charge in [-0.2, -0.15) is 5.10 Å². The number of fused-ring (bicyclic) bond motifs is 2. The lowest BCUT2D eigenvalue weighted by Gasteiger charge is -2.27. The van der Waals surface area contributed by atoms with Crippen LogP contribution in [0.1, 0.15) is 28.8 Å². The predicted molar refractivity (Wildman–Crippen MR) is 98.9 cm³/mol. The third-order valence-electron chi connectivity index (χ3n) is 5.84. The van der Waals surface area contributed by atoms with Crippen molar-refractivity contribution in [2.24, 2.45) is 11.8 Å². The molecule has 2 aliphatic carbocycles. The standard InChI is InChI=1S/C20H18ClN3O2/c21-12-6-16(15-10-22-24-17(15)7-12)20(26)8-13-14(9-20)18(13)23-19(25)11-4-2-1-3-5-11/h1-7,10,13-14,18,26H,8-9H2,(H,22,24)(H,23,25)/t13-,14+,18+,20+. The van der Waals surface area contributed by atoms with Crippen LogP contribution >= 0.6 is 11.6 Å². The van der Waals surface area contributed by atoms with Crippen LogP contribution < -0.4 is 5.32 Å². The highest BCUT2D eigenvalue weighted by Gasteiger charge is 2.62. The molecule has 5 nitrogen and oxygen atoms in total. The number of carbonyl (C=O) groups is 1. The lowest BCUT2D eigenvalue weighted by molar-refractivity contribution is 0.0293. The minimum absolute atomic E-state index is 0.0477. The minimum Gasteiger partial charge on any atom is -0.385 e. The number of hydrogen-bond acceptors (Lipinski definition) is 3. The fourth-order valence-corrected chi connectivity index (χ4v) is 4.74. The highest BCUT2D eigenvalue weighted by molar-refractivity contribution is 6.31. The second-order valence-corrected chi connectivity index (χ2v) is 7.85. The molecule has 0 saturated heterocycles. The Bertz CT molecular complexity index is 989. The first-order chi connectivity index (χ1) is 12.5. The van der Waals surface area contributed by atoms with Crippen LogP contribution in [0.2, 0.25) is 5.02 Å². The van der Waals surface area contributed by atoms with Crippen LogP contribution in [0.5, 0.6) is 0 Å². The van der Waals surface area contributed by atoms with E-state index in [1.807, 2.05) is 42.5 Å². The van der Waals surface area contributed by atoms with Crippen molar-refractivity contribution >= 4 is 28.4 Å². The molecule has 2 aromatic carbocycles. The molecule has 3 N–H and O–H groups in total. The van der Waals surface area contributed by atoms with E-state index in [2.05, 4.69) is 15.5 Å². The maximum absolute atomic E-state index is 12.3. The molecule has 2 fully saturated rings. The summed E-state index contributed by atoms with van der Waals surface area (Å²) in [4.78, 5) is 12.3. The molecule has 132 valence electrons. The third-order valence-corrected chi connectivity index (χ3v) is 6.06. The molecule has 2 saturated carbocycles. The number of H-pyrrole nitrogens is 1. The summed E-state index contributed by atoms with van der Waals surface area (Å²) >= 11 is 6.22. The van der Waals surface area contributed by atoms with Crippen molar-refractivity contribution in [2.75, 3.05) is 0 Å². The van der Waals surface area contributed by atoms with Crippen molar-refractivity contribution in [1.29, 1.82) is 0 Å². The molecule has 0 unspecified atom stereocenters. The van der Waals surface area contributed by atoms with Gasteiger partial charge in [0.2, 0.25) is 0 Å². The fourth-order valence-electron chi connectivity index (χ4n) is 4.52. The van der Waals surface area contributed by atoms with Gasteiger partial charge in [-0.3, -0.25) is 9.89 Å². The number of benzene rings is 2. The second kappa shape index (κ2) is 5.56. The van der Waals surface area contributed by atoms with Crippen molar-refractivity contribution in [3.8, 4) is 0 Å². The predicted octanol–water partition coefficient (Wildman–Crippen LogP) is 3.24. The molecule has 0 aliphatic heterocycles. The molecule has 0 bridgehead atoms. The molecule has 0 radical (unpaired) electrons. The summed E-state index contributed by atoms with van der Waals surface area (Å²) in [7, 11) is 0. The Morgan fingerprint density at radius 3 is 2.69 bits per heavy atom. The van der Waals surface area contributed by atoms with Crippen molar-refractivity contribution in [2.45, 2.75) is 24.5 Å². The van der Waals surface area contributed by atoms with Crippen molar-refractivity contribution in [3.05, 3.63) is 64.8 Å². The molecule has 1 heterocycles. The Kier molecular flexibility index (Phi) is 3.39. The quantitative estimate of drug-likeness (QED) is 0.665. The second-order valence-electron chi connectivity index (χ2n) is 7.42. The summed E-state index contributed by atoms with van der Waals surface area (Å²) < 4.78 is 0. The number of nitrogens with zero attached hydrogens (tertiary/aromatic N) is 1. The normalized spacial score (nSPS) is 29.5. The Labute approximate surface area is 155 Å². The number of carbonyl (C=O) groups excluding carboxylic acids is 1. The van der Waals surface area contributed by atoms with Crippen LogP contribution in [0, 0.1) is 11.8 Å². The summed E-state index contributed by atoms with van der Waals surface area (Å²) in [6.07, 6.45) is 2.98. The summed E-state index contributed by atoms with van der Waals surface area (Å²) in [6.45, 7) is 0. The van der Waals surface area contributed by atoms with E-state index in [9.17, 15) is 9.90 Å². The van der Waals surface area contributed by atoms with Crippen LogP contribution in [-0.4, -0.2) is 27.3 Å². The zero-order chi connectivity index (χ0) is 17.9. The highest BCUT2D eigenvalue weighted by Crippen LogP contribution is 2.60. The number of aromatic amines is 1. The van der Waals surface area contributed by atoms with Gasteiger partial charge in [0.25, 0.3) is 5.91 Å². The number of amides is 1. The van der Waals surface area contributed by atoms with E-state index >= 15 is 0 Å². The van der Waals surface area contributed by atoms with Gasteiger partial charge in [0.05, 0.1) is 17.3 Å². The first-order valence-electron chi connectivity index (χ1n) is 8.76. The Hall–Kier alpha value is -2.37. The van der Waals surface area contributed by atoms with E-state index < -0.39 is 5.60 Å². The lowest BCUT2D eigenvalue weighted by atomic mass is 9.86. The van der Waals surface area contributed by atoms with Gasteiger partial charge in [0, 0.05) is 22.0 Å². The van der Waals surface area contributed by atoms with Crippen LogP contribution in [0.15, 0.2) is 48.7 Å². The maximum atomic E-state index is 12.3. The van der Waals surface area contributed by atoms with Crippen molar-refractivity contribution in [1.82, 2.24) is 15.5 Å². The molecule has 4 atom stereocenters. The number of aromatic nitrogens is 2. The van der Waals surface area contributed by atoms with Crippen LogP contribution in [0.25, 0.3) is 10.9 Å². The fraction of sp³-hybridized carbons (Fsp3) is 0.300. The summed E-state index contributed by atoms with van der Waals surface area (Å²) in [5.74, 6) is 0.552. The maximum Gasteiger partial charge on any atom is 0.251 e. The molecule has 1 amide bonds. The smallest absolute Gasteiger partial charge is 0.251 e. The van der Waals surface area contributed by atoms with Gasteiger partial charge in [-0.25, -0.2) is 0 Å². The molecular formula is C20H18ClN3O2. The first-order valence-corrected chi connectivity index (χ1v) is 9.14. The number of aliphatic hydroxyl groups is 1. The zero-order valence-corrected chi connectivity index (χ0v) is 14.7. The summed E-state index contributed by atoms with van der Waals surface area (Å²) in [5, 5.41) is 22.8. The molecule has 2 aliphatic rings. The van der Waals surface area contributed by atoms with E-state index in [4.69, 9.17) is 11.6 Å².